The van der Waals surface area contributed by atoms with Gasteiger partial charge in [0.1, 0.15) is 4.33 Å². The third kappa shape index (κ3) is 3.10. The van der Waals surface area contributed by atoms with Crippen LogP contribution < -0.4 is 0 Å². The Morgan fingerprint density at radius 3 is 2.84 bits per heavy atom. The normalized spacial score (nSPS) is 20.5. The number of H-pyrrole nitrogens is 1. The molecule has 1 aromatic carbocycles. The maximum Gasteiger partial charge on any atom is 0.208 e. The molecule has 0 radical (unpaired) electrons. The molecule has 1 N–H and O–H groups in total. The first-order valence-electron chi connectivity index (χ1n) is 5.74. The second kappa shape index (κ2) is 5.28. The third-order valence-corrected chi connectivity index (χ3v) is 5.59. The van der Waals surface area contributed by atoms with Gasteiger partial charge in [-0.25, -0.2) is 4.98 Å². The maximum absolute atomic E-state index is 5.99. The maximum atomic E-state index is 5.99. The first kappa shape index (κ1) is 13.7. The highest BCUT2D eigenvalue weighted by atomic mass is 79.9. The number of thioether (sulfide) groups is 1. The van der Waals surface area contributed by atoms with Crippen LogP contribution >= 0.6 is 50.9 Å². The standard InChI is InChI=1S/C12H10BrCl2N3S/c13-9-4-2-1-3-8(9)10-16-11(18-17-10)19-6-7-5-12(7,14)15/h1-4,7H,5-6H2,(H,16,17,18). The van der Waals surface area contributed by atoms with Crippen LogP contribution in [-0.4, -0.2) is 25.3 Å². The fourth-order valence-corrected chi connectivity index (χ4v) is 3.91. The Morgan fingerprint density at radius 2 is 2.16 bits per heavy atom. The summed E-state index contributed by atoms with van der Waals surface area (Å²) in [4.78, 5) is 4.47. The van der Waals surface area contributed by atoms with E-state index in [1.54, 1.807) is 11.8 Å². The number of nitrogens with one attached hydrogen (secondary N) is 1. The number of benzene rings is 1. The van der Waals surface area contributed by atoms with Gasteiger partial charge in [-0.3, -0.25) is 5.10 Å². The van der Waals surface area contributed by atoms with Crippen LogP contribution in [0.5, 0.6) is 0 Å². The topological polar surface area (TPSA) is 41.6 Å². The highest BCUT2D eigenvalue weighted by molar-refractivity contribution is 9.10. The van der Waals surface area contributed by atoms with Crippen molar-refractivity contribution in [1.29, 1.82) is 0 Å². The van der Waals surface area contributed by atoms with Gasteiger partial charge >= 0.3 is 0 Å². The van der Waals surface area contributed by atoms with Gasteiger partial charge in [-0.15, -0.1) is 28.3 Å². The Kier molecular flexibility index (Phi) is 3.82. The summed E-state index contributed by atoms with van der Waals surface area (Å²) in [5, 5.41) is 7.87. The lowest BCUT2D eigenvalue weighted by molar-refractivity contribution is 0.945. The van der Waals surface area contributed by atoms with Crippen molar-refractivity contribution in [3.8, 4) is 11.4 Å². The summed E-state index contributed by atoms with van der Waals surface area (Å²) in [6.07, 6.45) is 0.852. The van der Waals surface area contributed by atoms with Crippen molar-refractivity contribution in [3.05, 3.63) is 28.7 Å². The number of aromatic nitrogens is 3. The van der Waals surface area contributed by atoms with E-state index < -0.39 is 4.33 Å². The van der Waals surface area contributed by atoms with Crippen LogP contribution in [0, 0.1) is 5.92 Å². The molecule has 1 aliphatic carbocycles. The summed E-state index contributed by atoms with van der Waals surface area (Å²) in [5.41, 5.74) is 0.998. The smallest absolute Gasteiger partial charge is 0.208 e. The van der Waals surface area contributed by atoms with E-state index in [1.165, 1.54) is 0 Å². The van der Waals surface area contributed by atoms with Crippen molar-refractivity contribution in [2.75, 3.05) is 5.75 Å². The molecule has 0 bridgehead atoms. The van der Waals surface area contributed by atoms with Crippen LogP contribution in [0.4, 0.5) is 0 Å². The number of hydrogen-bond acceptors (Lipinski definition) is 3. The molecule has 7 heteroatoms. The summed E-state index contributed by atoms with van der Waals surface area (Å²) in [6, 6.07) is 7.90. The highest BCUT2D eigenvalue weighted by Gasteiger charge is 2.51. The zero-order valence-corrected chi connectivity index (χ0v) is 13.7. The van der Waals surface area contributed by atoms with E-state index in [9.17, 15) is 0 Å². The average molecular weight is 379 g/mol. The van der Waals surface area contributed by atoms with Gasteiger partial charge in [0.15, 0.2) is 5.82 Å². The number of hydrogen-bond donors (Lipinski definition) is 1. The molecule has 0 spiro atoms. The Morgan fingerprint density at radius 1 is 1.42 bits per heavy atom. The van der Waals surface area contributed by atoms with Crippen molar-refractivity contribution >= 4 is 50.9 Å². The fraction of sp³-hybridized carbons (Fsp3) is 0.333. The predicted molar refractivity (Wildman–Crippen MR) is 82.8 cm³/mol. The summed E-state index contributed by atoms with van der Waals surface area (Å²) < 4.78 is 0.458. The Bertz CT molecular complexity index is 602. The van der Waals surface area contributed by atoms with Gasteiger partial charge in [0.05, 0.1) is 0 Å². The largest absolute Gasteiger partial charge is 0.258 e. The second-order valence-corrected chi connectivity index (χ2v) is 7.80. The lowest BCUT2D eigenvalue weighted by Crippen LogP contribution is -1.93. The minimum atomic E-state index is -0.533. The van der Waals surface area contributed by atoms with E-state index in [0.717, 1.165) is 33.2 Å². The Labute approximate surface area is 133 Å². The quantitative estimate of drug-likeness (QED) is 0.628. The van der Waals surface area contributed by atoms with Gasteiger partial charge in [-0.1, -0.05) is 45.9 Å². The molecule has 1 atom stereocenters. The molecule has 0 saturated heterocycles. The SMILES string of the molecule is ClC1(Cl)CC1CSc1n[nH]c(-c2ccccc2Br)n1. The van der Waals surface area contributed by atoms with Crippen molar-refractivity contribution in [2.24, 2.45) is 5.92 Å². The molecule has 1 aliphatic rings. The zero-order chi connectivity index (χ0) is 13.5. The first-order chi connectivity index (χ1) is 9.06. The van der Waals surface area contributed by atoms with Crippen molar-refractivity contribution in [2.45, 2.75) is 15.9 Å². The van der Waals surface area contributed by atoms with Crippen LogP contribution in [0.15, 0.2) is 33.9 Å². The molecule has 3 nitrogen and oxygen atoms in total. The molecule has 1 fully saturated rings. The predicted octanol–water partition coefficient (Wildman–Crippen LogP) is 4.52. The fourth-order valence-electron chi connectivity index (χ4n) is 1.71. The summed E-state index contributed by atoms with van der Waals surface area (Å²) >= 11 is 17.1. The van der Waals surface area contributed by atoms with Gasteiger partial charge in [-0.2, -0.15) is 0 Å². The number of rotatable bonds is 4. The monoisotopic (exact) mass is 377 g/mol. The molecule has 100 valence electrons. The average Bonchev–Trinajstić information content (AvgIpc) is 2.79. The zero-order valence-electron chi connectivity index (χ0n) is 9.74. The lowest BCUT2D eigenvalue weighted by atomic mass is 10.2. The van der Waals surface area contributed by atoms with Gasteiger partial charge in [0, 0.05) is 21.7 Å². The van der Waals surface area contributed by atoms with Gasteiger partial charge in [0.2, 0.25) is 5.16 Å². The van der Waals surface area contributed by atoms with Gasteiger partial charge in [-0.05, 0) is 12.5 Å². The van der Waals surface area contributed by atoms with Crippen LogP contribution in [0.1, 0.15) is 6.42 Å². The van der Waals surface area contributed by atoms with Crippen LogP contribution in [0.25, 0.3) is 11.4 Å². The molecular weight excluding hydrogens is 369 g/mol. The van der Waals surface area contributed by atoms with E-state index in [-0.39, 0.29) is 0 Å². The van der Waals surface area contributed by atoms with Crippen LogP contribution in [0.2, 0.25) is 0 Å². The van der Waals surface area contributed by atoms with Crippen molar-refractivity contribution < 1.29 is 0 Å². The molecule has 2 aromatic rings. The molecule has 1 unspecified atom stereocenters. The minimum Gasteiger partial charge on any atom is -0.258 e. The number of aromatic amines is 1. The molecule has 3 rings (SSSR count). The van der Waals surface area contributed by atoms with E-state index >= 15 is 0 Å². The number of nitrogens with zero attached hydrogens (tertiary/aromatic N) is 2. The van der Waals surface area contributed by atoms with E-state index in [0.29, 0.717) is 5.92 Å². The molecule has 0 amide bonds. The lowest BCUT2D eigenvalue weighted by Gasteiger charge is -1.98. The number of halogens is 3. The minimum absolute atomic E-state index is 0.339. The molecule has 0 aliphatic heterocycles. The Balaban J connectivity index is 1.68. The molecular formula is C12H10BrCl2N3S. The third-order valence-electron chi connectivity index (χ3n) is 2.96. The Hall–Kier alpha value is -0.230. The van der Waals surface area contributed by atoms with Gasteiger partial charge in [0.25, 0.3) is 0 Å². The highest BCUT2D eigenvalue weighted by Crippen LogP contribution is 2.54. The first-order valence-corrected chi connectivity index (χ1v) is 8.27. The van der Waals surface area contributed by atoms with E-state index in [4.69, 9.17) is 23.2 Å². The summed E-state index contributed by atoms with van der Waals surface area (Å²) in [6.45, 7) is 0. The molecule has 19 heavy (non-hydrogen) atoms. The summed E-state index contributed by atoms with van der Waals surface area (Å²) in [5.74, 6) is 1.94. The molecule has 1 heterocycles. The second-order valence-electron chi connectivity index (χ2n) is 4.42. The van der Waals surface area contributed by atoms with Crippen LogP contribution in [-0.2, 0) is 0 Å². The van der Waals surface area contributed by atoms with Crippen LogP contribution in [0.3, 0.4) is 0 Å². The van der Waals surface area contributed by atoms with Crippen molar-refractivity contribution in [1.82, 2.24) is 15.2 Å². The summed E-state index contributed by atoms with van der Waals surface area (Å²) in [7, 11) is 0. The van der Waals surface area contributed by atoms with Gasteiger partial charge < -0.3 is 0 Å². The molecule has 1 aromatic heterocycles. The molecule has 1 saturated carbocycles. The van der Waals surface area contributed by atoms with E-state index in [1.807, 2.05) is 24.3 Å². The number of alkyl halides is 2. The van der Waals surface area contributed by atoms with E-state index in [2.05, 4.69) is 31.1 Å². The van der Waals surface area contributed by atoms with Crippen molar-refractivity contribution in [3.63, 3.8) is 0 Å².